The van der Waals surface area contributed by atoms with E-state index in [2.05, 4.69) is 10.3 Å². The lowest BCUT2D eigenvalue weighted by atomic mass is 10.1. The third-order valence-electron chi connectivity index (χ3n) is 2.54. The van der Waals surface area contributed by atoms with Gasteiger partial charge in [0.05, 0.1) is 11.6 Å². The Morgan fingerprint density at radius 1 is 1.50 bits per heavy atom. The molecule has 1 atom stereocenters. The first-order valence-corrected chi connectivity index (χ1v) is 6.42. The highest BCUT2D eigenvalue weighted by Gasteiger charge is 2.16. The van der Waals surface area contributed by atoms with Crippen LogP contribution in [0.5, 0.6) is 0 Å². The molecule has 0 aliphatic carbocycles. The van der Waals surface area contributed by atoms with Crippen molar-refractivity contribution in [3.8, 4) is 0 Å². The topological polar surface area (TPSA) is 42.0 Å². The van der Waals surface area contributed by atoms with Gasteiger partial charge in [-0.3, -0.25) is 4.79 Å². The number of nitrogens with one attached hydrogen (secondary N) is 1. The molecule has 1 heterocycles. The van der Waals surface area contributed by atoms with Crippen molar-refractivity contribution in [3.05, 3.63) is 51.7 Å². The summed E-state index contributed by atoms with van der Waals surface area (Å²) in [6.07, 6.45) is 1.68. The number of nitrogens with zero attached hydrogens (tertiary/aromatic N) is 1. The number of carbonyl (C=O) groups is 1. The lowest BCUT2D eigenvalue weighted by Crippen LogP contribution is -2.27. The number of carbonyl (C=O) groups excluding carboxylic acids is 1. The fourth-order valence-electron chi connectivity index (χ4n) is 1.59. The minimum Gasteiger partial charge on any atom is -0.343 e. The second-order valence-corrected chi connectivity index (χ2v) is 4.97. The van der Waals surface area contributed by atoms with Crippen LogP contribution in [0.2, 0.25) is 0 Å². The van der Waals surface area contributed by atoms with Crippen LogP contribution in [0, 0.1) is 12.7 Å². The van der Waals surface area contributed by atoms with Crippen molar-refractivity contribution in [1.82, 2.24) is 10.3 Å². The van der Waals surface area contributed by atoms with E-state index in [4.69, 9.17) is 0 Å². The van der Waals surface area contributed by atoms with Crippen LogP contribution in [-0.4, -0.2) is 10.9 Å². The molecule has 0 saturated heterocycles. The van der Waals surface area contributed by atoms with Gasteiger partial charge in [0, 0.05) is 11.6 Å². The van der Waals surface area contributed by atoms with Gasteiger partial charge in [0.15, 0.2) is 0 Å². The van der Waals surface area contributed by atoms with Crippen LogP contribution < -0.4 is 5.32 Å². The van der Waals surface area contributed by atoms with Crippen molar-refractivity contribution in [1.29, 1.82) is 0 Å². The van der Waals surface area contributed by atoms with E-state index < -0.39 is 11.7 Å². The number of benzene rings is 1. The fraction of sp³-hybridized carbons (Fsp3) is 0.231. The Hall–Kier alpha value is -1.75. The molecule has 1 N–H and O–H groups in total. The molecule has 0 bridgehead atoms. The van der Waals surface area contributed by atoms with Gasteiger partial charge in [-0.15, -0.1) is 11.3 Å². The fourth-order valence-corrected chi connectivity index (χ4v) is 2.23. The molecule has 0 fully saturated rings. The average Bonchev–Trinajstić information content (AvgIpc) is 2.81. The number of thiazole rings is 1. The van der Waals surface area contributed by atoms with E-state index in [1.807, 2.05) is 12.3 Å². The molecule has 1 aromatic heterocycles. The van der Waals surface area contributed by atoms with Gasteiger partial charge in [-0.05, 0) is 31.5 Å². The van der Waals surface area contributed by atoms with Gasteiger partial charge in [0.2, 0.25) is 0 Å². The zero-order chi connectivity index (χ0) is 13.1. The molecule has 2 aromatic rings. The lowest BCUT2D eigenvalue weighted by molar-refractivity contribution is 0.0936. The number of amides is 1. The summed E-state index contributed by atoms with van der Waals surface area (Å²) in [6, 6.07) is 4.34. The maximum absolute atomic E-state index is 13.6. The van der Waals surface area contributed by atoms with Gasteiger partial charge in [0.1, 0.15) is 10.8 Å². The maximum Gasteiger partial charge on any atom is 0.254 e. The van der Waals surface area contributed by atoms with Gasteiger partial charge < -0.3 is 5.32 Å². The molecule has 0 spiro atoms. The number of hydrogen-bond donors (Lipinski definition) is 1. The van der Waals surface area contributed by atoms with Crippen LogP contribution in [0.15, 0.2) is 29.8 Å². The van der Waals surface area contributed by atoms with Crippen LogP contribution in [0.3, 0.4) is 0 Å². The van der Waals surface area contributed by atoms with Crippen molar-refractivity contribution < 1.29 is 9.18 Å². The number of rotatable bonds is 3. The van der Waals surface area contributed by atoms with Gasteiger partial charge in [-0.25, -0.2) is 9.37 Å². The number of hydrogen-bond acceptors (Lipinski definition) is 3. The minimum absolute atomic E-state index is 0.0593. The highest BCUT2D eigenvalue weighted by atomic mass is 32.1. The molecule has 94 valence electrons. The minimum atomic E-state index is -0.501. The Bertz CT molecular complexity index is 554. The molecular formula is C13H13FN2OS. The first kappa shape index (κ1) is 12.7. The van der Waals surface area contributed by atoms with E-state index >= 15 is 0 Å². The molecule has 5 heteroatoms. The molecule has 1 aromatic carbocycles. The summed E-state index contributed by atoms with van der Waals surface area (Å²) < 4.78 is 13.6. The van der Waals surface area contributed by atoms with E-state index in [0.717, 1.165) is 10.6 Å². The summed E-state index contributed by atoms with van der Waals surface area (Å²) in [5.41, 5.74) is 0.848. The molecule has 0 aliphatic heterocycles. The summed E-state index contributed by atoms with van der Waals surface area (Å²) in [6.45, 7) is 3.60. The number of halogens is 1. The number of aryl methyl sites for hydroxylation is 1. The third kappa shape index (κ3) is 2.73. The molecular weight excluding hydrogens is 251 g/mol. The molecule has 0 aliphatic rings. The van der Waals surface area contributed by atoms with Crippen LogP contribution in [-0.2, 0) is 0 Å². The Labute approximate surface area is 109 Å². The Morgan fingerprint density at radius 2 is 2.28 bits per heavy atom. The van der Waals surface area contributed by atoms with Crippen molar-refractivity contribution in [2.75, 3.05) is 0 Å². The quantitative estimate of drug-likeness (QED) is 0.925. The van der Waals surface area contributed by atoms with Gasteiger partial charge >= 0.3 is 0 Å². The van der Waals surface area contributed by atoms with Crippen LogP contribution in [0.4, 0.5) is 4.39 Å². The molecule has 0 saturated carbocycles. The Morgan fingerprint density at radius 3 is 2.89 bits per heavy atom. The van der Waals surface area contributed by atoms with Gasteiger partial charge in [-0.2, -0.15) is 0 Å². The highest BCUT2D eigenvalue weighted by Crippen LogP contribution is 2.16. The first-order chi connectivity index (χ1) is 8.58. The summed E-state index contributed by atoms with van der Waals surface area (Å²) in [5, 5.41) is 5.37. The zero-order valence-corrected chi connectivity index (χ0v) is 10.9. The van der Waals surface area contributed by atoms with Crippen molar-refractivity contribution in [3.63, 3.8) is 0 Å². The Balaban J connectivity index is 2.12. The summed E-state index contributed by atoms with van der Waals surface area (Å²) in [4.78, 5) is 16.0. The summed E-state index contributed by atoms with van der Waals surface area (Å²) in [7, 11) is 0. The molecule has 1 unspecified atom stereocenters. The van der Waals surface area contributed by atoms with E-state index in [1.165, 1.54) is 23.5 Å². The second-order valence-electron chi connectivity index (χ2n) is 4.05. The zero-order valence-electron chi connectivity index (χ0n) is 10.1. The maximum atomic E-state index is 13.6. The molecule has 1 amide bonds. The summed E-state index contributed by atoms with van der Waals surface area (Å²) >= 11 is 1.46. The third-order valence-corrected chi connectivity index (χ3v) is 3.50. The van der Waals surface area contributed by atoms with Crippen LogP contribution in [0.25, 0.3) is 0 Å². The Kier molecular flexibility index (Phi) is 3.72. The van der Waals surface area contributed by atoms with Crippen LogP contribution in [0.1, 0.15) is 33.9 Å². The van der Waals surface area contributed by atoms with Crippen molar-refractivity contribution in [2.24, 2.45) is 0 Å². The largest absolute Gasteiger partial charge is 0.343 e. The number of aromatic nitrogens is 1. The van der Waals surface area contributed by atoms with E-state index in [-0.39, 0.29) is 11.6 Å². The highest BCUT2D eigenvalue weighted by molar-refractivity contribution is 7.09. The van der Waals surface area contributed by atoms with E-state index in [0.29, 0.717) is 0 Å². The van der Waals surface area contributed by atoms with E-state index in [9.17, 15) is 9.18 Å². The van der Waals surface area contributed by atoms with Crippen molar-refractivity contribution >= 4 is 17.2 Å². The first-order valence-electron chi connectivity index (χ1n) is 5.54. The molecule has 0 radical (unpaired) electrons. The molecule has 2 rings (SSSR count). The van der Waals surface area contributed by atoms with Crippen LogP contribution >= 0.6 is 11.3 Å². The predicted octanol–water partition coefficient (Wildman–Crippen LogP) is 3.08. The smallest absolute Gasteiger partial charge is 0.254 e. The average molecular weight is 264 g/mol. The van der Waals surface area contributed by atoms with E-state index in [1.54, 1.807) is 19.2 Å². The second kappa shape index (κ2) is 5.27. The van der Waals surface area contributed by atoms with Gasteiger partial charge in [0.25, 0.3) is 5.91 Å². The molecule has 3 nitrogen and oxygen atoms in total. The standard InChI is InChI=1S/C13H13FN2OS/c1-8-3-4-10(11(14)7-8)12(17)16-9(2)13-15-5-6-18-13/h3-7,9H,1-2H3,(H,16,17). The predicted molar refractivity (Wildman–Crippen MR) is 69.1 cm³/mol. The summed E-state index contributed by atoms with van der Waals surface area (Å²) in [5.74, 6) is -0.922. The normalized spacial score (nSPS) is 12.2. The SMILES string of the molecule is Cc1ccc(C(=O)NC(C)c2nccs2)c(F)c1. The van der Waals surface area contributed by atoms with Gasteiger partial charge in [-0.1, -0.05) is 6.07 Å². The van der Waals surface area contributed by atoms with Crippen molar-refractivity contribution in [2.45, 2.75) is 19.9 Å². The molecule has 18 heavy (non-hydrogen) atoms. The lowest BCUT2D eigenvalue weighted by Gasteiger charge is -2.11. The monoisotopic (exact) mass is 264 g/mol.